The lowest BCUT2D eigenvalue weighted by Gasteiger charge is -2.19. The second kappa shape index (κ2) is 7.84. The van der Waals surface area contributed by atoms with Crippen LogP contribution in [0.4, 0.5) is 9.93 Å². The molecule has 0 aliphatic carbocycles. The molecule has 0 spiro atoms. The Kier molecular flexibility index (Phi) is 5.83. The summed E-state index contributed by atoms with van der Waals surface area (Å²) in [5.41, 5.74) is 7.96. The third kappa shape index (κ3) is 5.94. The molecule has 0 bridgehead atoms. The van der Waals surface area contributed by atoms with E-state index in [2.05, 4.69) is 22.1 Å². The van der Waals surface area contributed by atoms with Gasteiger partial charge in [0.25, 0.3) is 0 Å². The molecule has 1 amide bonds. The minimum atomic E-state index is -0.487. The van der Waals surface area contributed by atoms with Crippen LogP contribution in [-0.2, 0) is 4.74 Å². The van der Waals surface area contributed by atoms with Gasteiger partial charge in [0.15, 0.2) is 5.13 Å². The van der Waals surface area contributed by atoms with Gasteiger partial charge in [0.2, 0.25) is 0 Å². The Balaban J connectivity index is 1.80. The van der Waals surface area contributed by atoms with Crippen molar-refractivity contribution in [2.75, 3.05) is 12.3 Å². The smallest absolute Gasteiger partial charge is 0.407 e. The van der Waals surface area contributed by atoms with Crippen LogP contribution in [0.3, 0.4) is 0 Å². The van der Waals surface area contributed by atoms with Gasteiger partial charge >= 0.3 is 6.09 Å². The number of rotatable bonds is 3. The summed E-state index contributed by atoms with van der Waals surface area (Å²) in [6.07, 6.45) is 0.139. The number of amides is 1. The third-order valence-electron chi connectivity index (χ3n) is 2.85. The van der Waals surface area contributed by atoms with Crippen LogP contribution >= 0.6 is 11.3 Å². The number of anilines is 1. The lowest BCUT2D eigenvalue weighted by atomic mass is 10.1. The highest BCUT2D eigenvalue weighted by Gasteiger charge is 2.15. The fourth-order valence-electron chi connectivity index (χ4n) is 1.85. The first-order valence-corrected chi connectivity index (χ1v) is 8.48. The van der Waals surface area contributed by atoms with Gasteiger partial charge in [-0.1, -0.05) is 24.0 Å². The SMILES string of the molecule is CC(C)(C)OC(=O)NCCC#Cc1ccc(-c2csc(N)n2)cc1. The van der Waals surface area contributed by atoms with Gasteiger partial charge in [0, 0.05) is 29.5 Å². The number of hydrogen-bond donors (Lipinski definition) is 2. The Hall–Kier alpha value is -2.52. The molecule has 0 radical (unpaired) electrons. The fraction of sp³-hybridized carbons (Fsp3) is 0.333. The molecule has 1 aromatic heterocycles. The van der Waals surface area contributed by atoms with E-state index in [0.29, 0.717) is 18.1 Å². The zero-order chi connectivity index (χ0) is 17.6. The molecule has 0 unspecified atom stereocenters. The van der Waals surface area contributed by atoms with Gasteiger partial charge in [-0.25, -0.2) is 9.78 Å². The number of nitrogens with two attached hydrogens (primary N) is 1. The molecule has 0 atom stereocenters. The molecule has 0 aliphatic rings. The second-order valence-corrected chi connectivity index (χ2v) is 7.02. The number of hydrogen-bond acceptors (Lipinski definition) is 5. The second-order valence-electron chi connectivity index (χ2n) is 6.13. The number of nitrogens with one attached hydrogen (secondary N) is 1. The number of nitrogen functional groups attached to an aromatic ring is 1. The molecular formula is C18H21N3O2S. The quantitative estimate of drug-likeness (QED) is 0.658. The van der Waals surface area contributed by atoms with Crippen molar-refractivity contribution in [2.45, 2.75) is 32.8 Å². The van der Waals surface area contributed by atoms with Gasteiger partial charge in [-0.3, -0.25) is 0 Å². The zero-order valence-electron chi connectivity index (χ0n) is 14.1. The van der Waals surface area contributed by atoms with Crippen LogP contribution in [0.15, 0.2) is 29.6 Å². The normalized spacial score (nSPS) is 10.6. The largest absolute Gasteiger partial charge is 0.444 e. The van der Waals surface area contributed by atoms with Crippen molar-refractivity contribution in [1.82, 2.24) is 10.3 Å². The summed E-state index contributed by atoms with van der Waals surface area (Å²) in [4.78, 5) is 15.7. The Morgan fingerprint density at radius 1 is 1.33 bits per heavy atom. The Morgan fingerprint density at radius 2 is 2.04 bits per heavy atom. The summed E-state index contributed by atoms with van der Waals surface area (Å²) in [6, 6.07) is 7.83. The van der Waals surface area contributed by atoms with E-state index >= 15 is 0 Å². The highest BCUT2D eigenvalue weighted by molar-refractivity contribution is 7.13. The number of alkyl carbamates (subject to hydrolysis) is 1. The number of carbonyl (C=O) groups is 1. The fourth-order valence-corrected chi connectivity index (χ4v) is 2.42. The van der Waals surface area contributed by atoms with Gasteiger partial charge < -0.3 is 15.8 Å². The Labute approximate surface area is 146 Å². The average molecular weight is 343 g/mol. The first-order chi connectivity index (χ1) is 11.3. The van der Waals surface area contributed by atoms with E-state index < -0.39 is 11.7 Å². The van der Waals surface area contributed by atoms with Gasteiger partial charge in [-0.2, -0.15) is 0 Å². The van der Waals surface area contributed by atoms with Crippen LogP contribution in [0.2, 0.25) is 0 Å². The maximum atomic E-state index is 11.5. The maximum absolute atomic E-state index is 11.5. The summed E-state index contributed by atoms with van der Waals surface area (Å²) in [6.45, 7) is 5.94. The van der Waals surface area contributed by atoms with E-state index in [4.69, 9.17) is 10.5 Å². The van der Waals surface area contributed by atoms with Crippen LogP contribution in [0.25, 0.3) is 11.3 Å². The number of benzene rings is 1. The first-order valence-electron chi connectivity index (χ1n) is 7.61. The van der Waals surface area contributed by atoms with E-state index in [1.54, 1.807) is 0 Å². The topological polar surface area (TPSA) is 77.2 Å². The number of carbonyl (C=O) groups excluding carboxylic acids is 1. The molecule has 126 valence electrons. The molecule has 0 aliphatic heterocycles. The molecule has 2 rings (SSSR count). The molecular weight excluding hydrogens is 322 g/mol. The van der Waals surface area contributed by atoms with Crippen LogP contribution < -0.4 is 11.1 Å². The molecule has 24 heavy (non-hydrogen) atoms. The molecule has 0 saturated heterocycles. The summed E-state index contributed by atoms with van der Waals surface area (Å²) >= 11 is 1.42. The number of ether oxygens (including phenoxy) is 1. The van der Waals surface area contributed by atoms with E-state index in [-0.39, 0.29) is 0 Å². The first kappa shape index (κ1) is 17.8. The monoisotopic (exact) mass is 343 g/mol. The van der Waals surface area contributed by atoms with Gasteiger partial charge in [0.05, 0.1) is 5.69 Å². The van der Waals surface area contributed by atoms with Crippen molar-refractivity contribution in [1.29, 1.82) is 0 Å². The average Bonchev–Trinajstić information content (AvgIpc) is 2.92. The van der Waals surface area contributed by atoms with E-state index in [1.165, 1.54) is 11.3 Å². The third-order valence-corrected chi connectivity index (χ3v) is 3.53. The van der Waals surface area contributed by atoms with Crippen LogP contribution in [-0.4, -0.2) is 23.2 Å². The Morgan fingerprint density at radius 3 is 2.62 bits per heavy atom. The van der Waals surface area contributed by atoms with Crippen molar-refractivity contribution >= 4 is 22.6 Å². The van der Waals surface area contributed by atoms with Crippen LogP contribution in [0.1, 0.15) is 32.8 Å². The lowest BCUT2D eigenvalue weighted by molar-refractivity contribution is 0.0529. The highest BCUT2D eigenvalue weighted by Crippen LogP contribution is 2.23. The van der Waals surface area contributed by atoms with Crippen molar-refractivity contribution in [2.24, 2.45) is 0 Å². The molecule has 1 heterocycles. The molecule has 5 nitrogen and oxygen atoms in total. The van der Waals surface area contributed by atoms with Gasteiger partial charge in [0.1, 0.15) is 5.60 Å². The summed E-state index contributed by atoms with van der Waals surface area (Å²) in [5, 5.41) is 5.17. The van der Waals surface area contributed by atoms with Crippen molar-refractivity contribution < 1.29 is 9.53 Å². The van der Waals surface area contributed by atoms with E-state index in [9.17, 15) is 4.79 Å². The van der Waals surface area contributed by atoms with E-state index in [0.717, 1.165) is 16.8 Å². The molecule has 3 N–H and O–H groups in total. The molecule has 6 heteroatoms. The van der Waals surface area contributed by atoms with Gasteiger partial charge in [-0.05, 0) is 32.9 Å². The predicted molar refractivity (Wildman–Crippen MR) is 97.7 cm³/mol. The summed E-state index contributed by atoms with van der Waals surface area (Å²) in [7, 11) is 0. The number of thiazole rings is 1. The van der Waals surface area contributed by atoms with Gasteiger partial charge in [-0.15, -0.1) is 11.3 Å². The standard InChI is InChI=1S/C18H21N3O2S/c1-18(2,3)23-17(22)20-11-5-4-6-13-7-9-14(10-8-13)15-12-24-16(19)21-15/h7-10,12H,5,11H2,1-3H3,(H2,19,21)(H,20,22). The molecule has 0 fully saturated rings. The predicted octanol–water partition coefficient (Wildman–Crippen LogP) is 3.66. The minimum absolute atomic E-state index is 0.420. The molecule has 1 aromatic carbocycles. The van der Waals surface area contributed by atoms with Crippen molar-refractivity contribution in [3.8, 4) is 23.1 Å². The zero-order valence-corrected chi connectivity index (χ0v) is 14.9. The van der Waals surface area contributed by atoms with Crippen molar-refractivity contribution in [3.05, 3.63) is 35.2 Å². The summed E-state index contributed by atoms with van der Waals surface area (Å²) in [5.74, 6) is 6.10. The highest BCUT2D eigenvalue weighted by atomic mass is 32.1. The lowest BCUT2D eigenvalue weighted by Crippen LogP contribution is -2.32. The minimum Gasteiger partial charge on any atom is -0.444 e. The Bertz CT molecular complexity index is 749. The summed E-state index contributed by atoms with van der Waals surface area (Å²) < 4.78 is 5.15. The molecule has 2 aromatic rings. The van der Waals surface area contributed by atoms with E-state index in [1.807, 2.05) is 50.4 Å². The maximum Gasteiger partial charge on any atom is 0.407 e. The number of aromatic nitrogens is 1. The van der Waals surface area contributed by atoms with Crippen LogP contribution in [0, 0.1) is 11.8 Å². The molecule has 0 saturated carbocycles. The van der Waals surface area contributed by atoms with Crippen molar-refractivity contribution in [3.63, 3.8) is 0 Å². The number of nitrogens with zero attached hydrogens (tertiary/aromatic N) is 1. The van der Waals surface area contributed by atoms with Crippen LogP contribution in [0.5, 0.6) is 0 Å².